The average Bonchev–Trinajstić information content (AvgIpc) is 2.51. The summed E-state index contributed by atoms with van der Waals surface area (Å²) in [6.07, 6.45) is 0. The zero-order valence-electron chi connectivity index (χ0n) is 12.1. The first-order chi connectivity index (χ1) is 10.1. The smallest absolute Gasteiger partial charge is 0.122 e. The van der Waals surface area contributed by atoms with Gasteiger partial charge in [0.05, 0.1) is 30.3 Å². The molecule has 21 heavy (non-hydrogen) atoms. The molecule has 5 heteroatoms. The maximum Gasteiger partial charge on any atom is 0.122 e. The van der Waals surface area contributed by atoms with Crippen molar-refractivity contribution in [2.75, 3.05) is 21.3 Å². The lowest BCUT2D eigenvalue weighted by Gasteiger charge is -2.19. The summed E-state index contributed by atoms with van der Waals surface area (Å²) in [6.45, 7) is 0. The van der Waals surface area contributed by atoms with Crippen molar-refractivity contribution in [1.29, 1.82) is 0 Å². The van der Waals surface area contributed by atoms with Crippen LogP contribution >= 0.6 is 23.2 Å². The van der Waals surface area contributed by atoms with Gasteiger partial charge in [-0.1, -0.05) is 29.3 Å². The van der Waals surface area contributed by atoms with Gasteiger partial charge in [-0.3, -0.25) is 0 Å². The van der Waals surface area contributed by atoms with Gasteiger partial charge < -0.3 is 14.8 Å². The number of nitrogens with one attached hydrogen (secondary N) is 1. The van der Waals surface area contributed by atoms with Gasteiger partial charge in [-0.2, -0.15) is 0 Å². The van der Waals surface area contributed by atoms with Crippen LogP contribution < -0.4 is 14.8 Å². The molecule has 0 bridgehead atoms. The summed E-state index contributed by atoms with van der Waals surface area (Å²) in [4.78, 5) is 0. The Balaban J connectivity index is 2.47. The molecule has 0 amide bonds. The minimum atomic E-state index is -0.0382. The second kappa shape index (κ2) is 7.03. The van der Waals surface area contributed by atoms with Crippen molar-refractivity contribution in [2.45, 2.75) is 6.04 Å². The van der Waals surface area contributed by atoms with Crippen LogP contribution in [-0.2, 0) is 0 Å². The first-order valence-electron chi connectivity index (χ1n) is 6.44. The van der Waals surface area contributed by atoms with Gasteiger partial charge in [0, 0.05) is 6.07 Å². The minimum Gasteiger partial charge on any atom is -0.497 e. The van der Waals surface area contributed by atoms with Gasteiger partial charge in [0.1, 0.15) is 11.5 Å². The summed E-state index contributed by atoms with van der Waals surface area (Å²) in [5.41, 5.74) is 2.04. The number of ether oxygens (including phenoxy) is 2. The van der Waals surface area contributed by atoms with E-state index in [1.54, 1.807) is 20.3 Å². The number of benzene rings is 2. The minimum absolute atomic E-state index is 0.0382. The molecule has 112 valence electrons. The molecular weight excluding hydrogens is 309 g/mol. The van der Waals surface area contributed by atoms with Crippen molar-refractivity contribution in [3.05, 3.63) is 57.6 Å². The Morgan fingerprint density at radius 1 is 0.857 bits per heavy atom. The third kappa shape index (κ3) is 3.62. The van der Waals surface area contributed by atoms with Crippen LogP contribution in [0.5, 0.6) is 11.5 Å². The zero-order chi connectivity index (χ0) is 15.4. The van der Waals surface area contributed by atoms with Crippen LogP contribution in [0.2, 0.25) is 10.0 Å². The number of hydrogen-bond acceptors (Lipinski definition) is 3. The maximum absolute atomic E-state index is 6.11. The van der Waals surface area contributed by atoms with Gasteiger partial charge in [0.15, 0.2) is 0 Å². The molecular formula is C16H17Cl2NO2. The molecule has 0 fully saturated rings. The molecule has 1 unspecified atom stereocenters. The van der Waals surface area contributed by atoms with E-state index in [0.717, 1.165) is 22.6 Å². The Morgan fingerprint density at radius 2 is 1.48 bits per heavy atom. The highest BCUT2D eigenvalue weighted by Crippen LogP contribution is 2.32. The van der Waals surface area contributed by atoms with Crippen LogP contribution in [0, 0.1) is 0 Å². The van der Waals surface area contributed by atoms with Crippen molar-refractivity contribution >= 4 is 23.2 Å². The average molecular weight is 326 g/mol. The van der Waals surface area contributed by atoms with Crippen molar-refractivity contribution < 1.29 is 9.47 Å². The predicted octanol–water partition coefficient (Wildman–Crippen LogP) is 4.32. The first-order valence-corrected chi connectivity index (χ1v) is 7.19. The van der Waals surface area contributed by atoms with Gasteiger partial charge in [-0.15, -0.1) is 0 Å². The summed E-state index contributed by atoms with van der Waals surface area (Å²) in [5.74, 6) is 1.48. The highest BCUT2D eigenvalue weighted by atomic mass is 35.5. The molecule has 2 rings (SSSR count). The highest BCUT2D eigenvalue weighted by Gasteiger charge is 2.15. The van der Waals surface area contributed by atoms with E-state index in [2.05, 4.69) is 5.32 Å². The number of methoxy groups -OCH3 is 2. The van der Waals surface area contributed by atoms with Crippen molar-refractivity contribution in [1.82, 2.24) is 5.32 Å². The Bertz CT molecular complexity index is 609. The molecule has 2 aromatic carbocycles. The molecule has 0 radical (unpaired) electrons. The molecule has 2 aromatic rings. The van der Waals surface area contributed by atoms with Crippen molar-refractivity contribution in [2.24, 2.45) is 0 Å². The summed E-state index contributed by atoms with van der Waals surface area (Å²) < 4.78 is 10.6. The fourth-order valence-corrected chi connectivity index (χ4v) is 2.52. The molecule has 1 atom stereocenters. The van der Waals surface area contributed by atoms with Gasteiger partial charge in [-0.05, 0) is 42.4 Å². The lowest BCUT2D eigenvalue weighted by molar-refractivity contribution is 0.392. The lowest BCUT2D eigenvalue weighted by Crippen LogP contribution is -2.17. The van der Waals surface area contributed by atoms with Crippen molar-refractivity contribution in [3.8, 4) is 11.5 Å². The van der Waals surface area contributed by atoms with E-state index in [-0.39, 0.29) is 6.04 Å². The van der Waals surface area contributed by atoms with E-state index in [1.807, 2.05) is 37.4 Å². The van der Waals surface area contributed by atoms with E-state index in [0.29, 0.717) is 10.0 Å². The normalized spacial score (nSPS) is 12.0. The molecule has 0 saturated carbocycles. The van der Waals surface area contributed by atoms with Crippen LogP contribution in [0.25, 0.3) is 0 Å². The van der Waals surface area contributed by atoms with Gasteiger partial charge in [-0.25, -0.2) is 0 Å². The molecule has 0 aliphatic rings. The fraction of sp³-hybridized carbons (Fsp3) is 0.250. The summed E-state index contributed by atoms with van der Waals surface area (Å²) in [6, 6.07) is 11.3. The van der Waals surface area contributed by atoms with E-state index in [1.165, 1.54) is 0 Å². The maximum atomic E-state index is 6.11. The molecule has 0 aliphatic heterocycles. The molecule has 0 saturated heterocycles. The van der Waals surface area contributed by atoms with Crippen LogP contribution in [0.4, 0.5) is 0 Å². The first kappa shape index (κ1) is 16.0. The Labute approximate surface area is 134 Å². The SMILES string of the molecule is CNC(c1cc(OC)cc(OC)c1)c1ccc(Cl)c(Cl)c1. The number of halogens is 2. The quantitative estimate of drug-likeness (QED) is 0.888. The lowest BCUT2D eigenvalue weighted by atomic mass is 9.98. The van der Waals surface area contributed by atoms with E-state index in [4.69, 9.17) is 32.7 Å². The van der Waals surface area contributed by atoms with Crippen LogP contribution in [0.3, 0.4) is 0 Å². The van der Waals surface area contributed by atoms with Crippen LogP contribution in [0.1, 0.15) is 17.2 Å². The molecule has 0 heterocycles. The topological polar surface area (TPSA) is 30.5 Å². The van der Waals surface area contributed by atoms with Crippen LogP contribution in [0.15, 0.2) is 36.4 Å². The van der Waals surface area contributed by atoms with Gasteiger partial charge in [0.2, 0.25) is 0 Å². The second-order valence-corrected chi connectivity index (χ2v) is 5.36. The largest absolute Gasteiger partial charge is 0.497 e. The van der Waals surface area contributed by atoms with Crippen LogP contribution in [-0.4, -0.2) is 21.3 Å². The third-order valence-electron chi connectivity index (χ3n) is 3.27. The molecule has 0 aromatic heterocycles. The second-order valence-electron chi connectivity index (χ2n) is 4.54. The fourth-order valence-electron chi connectivity index (χ4n) is 2.21. The highest BCUT2D eigenvalue weighted by molar-refractivity contribution is 6.42. The van der Waals surface area contributed by atoms with E-state index >= 15 is 0 Å². The molecule has 0 aliphatic carbocycles. The monoisotopic (exact) mass is 325 g/mol. The van der Waals surface area contributed by atoms with E-state index in [9.17, 15) is 0 Å². The Hall–Kier alpha value is -1.42. The summed E-state index contributed by atoms with van der Waals surface area (Å²) in [7, 11) is 5.15. The van der Waals surface area contributed by atoms with Crippen molar-refractivity contribution in [3.63, 3.8) is 0 Å². The number of rotatable bonds is 5. The van der Waals surface area contributed by atoms with Gasteiger partial charge >= 0.3 is 0 Å². The number of hydrogen-bond donors (Lipinski definition) is 1. The predicted molar refractivity (Wildman–Crippen MR) is 86.9 cm³/mol. The summed E-state index contributed by atoms with van der Waals surface area (Å²) in [5, 5.41) is 4.34. The third-order valence-corrected chi connectivity index (χ3v) is 4.01. The molecule has 1 N–H and O–H groups in total. The Kier molecular flexibility index (Phi) is 5.34. The standard InChI is InChI=1S/C16H17Cl2NO2/c1-19-16(10-4-5-14(17)15(18)8-10)11-6-12(20-2)9-13(7-11)21-3/h4-9,16,19H,1-3H3. The zero-order valence-corrected chi connectivity index (χ0v) is 13.6. The Morgan fingerprint density at radius 3 is 1.95 bits per heavy atom. The summed E-state index contributed by atoms with van der Waals surface area (Å²) >= 11 is 12.1. The van der Waals surface area contributed by atoms with Gasteiger partial charge in [0.25, 0.3) is 0 Å². The molecule has 0 spiro atoms. The molecule has 3 nitrogen and oxygen atoms in total. The van der Waals surface area contributed by atoms with E-state index < -0.39 is 0 Å².